The van der Waals surface area contributed by atoms with Crippen molar-refractivity contribution in [3.05, 3.63) is 0 Å². The standard InChI is InChI=1S/C14H23N5O8/c15-5-10(21)18-8(1-3-9(16)20)14(27)19-7(2-4-11(22)23)13(26)17-6-12(24)25/h7-8H,1-6,15H2,(H2,16,20)(H,17,26)(H,18,21)(H,19,27)(H,22,23)(H,24,25). The lowest BCUT2D eigenvalue weighted by Gasteiger charge is -2.22. The van der Waals surface area contributed by atoms with Gasteiger partial charge in [-0.15, -0.1) is 0 Å². The fourth-order valence-electron chi connectivity index (χ4n) is 1.90. The zero-order valence-electron chi connectivity index (χ0n) is 14.4. The summed E-state index contributed by atoms with van der Waals surface area (Å²) in [6, 6.07) is -2.60. The molecule has 0 aliphatic heterocycles. The van der Waals surface area contributed by atoms with E-state index in [2.05, 4.69) is 10.6 Å². The van der Waals surface area contributed by atoms with Crippen LogP contribution in [0.4, 0.5) is 0 Å². The first-order valence-electron chi connectivity index (χ1n) is 7.86. The van der Waals surface area contributed by atoms with Gasteiger partial charge in [-0.2, -0.15) is 0 Å². The molecule has 0 rings (SSSR count). The third-order valence-corrected chi connectivity index (χ3v) is 3.21. The maximum atomic E-state index is 12.3. The molecule has 0 bridgehead atoms. The van der Waals surface area contributed by atoms with Gasteiger partial charge in [-0.25, -0.2) is 0 Å². The molecule has 0 fully saturated rings. The summed E-state index contributed by atoms with van der Waals surface area (Å²) in [5.74, 6) is -5.78. The van der Waals surface area contributed by atoms with Crippen molar-refractivity contribution in [1.82, 2.24) is 16.0 Å². The van der Waals surface area contributed by atoms with E-state index in [4.69, 9.17) is 21.7 Å². The third-order valence-electron chi connectivity index (χ3n) is 3.21. The van der Waals surface area contributed by atoms with Crippen LogP contribution in [-0.4, -0.2) is 71.0 Å². The van der Waals surface area contributed by atoms with Crippen LogP contribution >= 0.6 is 0 Å². The average molecular weight is 389 g/mol. The Balaban J connectivity index is 5.14. The second-order valence-corrected chi connectivity index (χ2v) is 5.43. The van der Waals surface area contributed by atoms with E-state index in [-0.39, 0.29) is 19.3 Å². The van der Waals surface area contributed by atoms with E-state index in [1.54, 1.807) is 0 Å². The second-order valence-electron chi connectivity index (χ2n) is 5.43. The number of hydrogen-bond acceptors (Lipinski definition) is 7. The third kappa shape index (κ3) is 11.1. The highest BCUT2D eigenvalue weighted by atomic mass is 16.4. The number of nitrogens with two attached hydrogens (primary N) is 2. The van der Waals surface area contributed by atoms with Crippen molar-refractivity contribution in [2.24, 2.45) is 11.5 Å². The van der Waals surface area contributed by atoms with Crippen molar-refractivity contribution in [3.63, 3.8) is 0 Å². The minimum atomic E-state index is -1.36. The molecule has 0 radical (unpaired) electrons. The molecule has 0 aliphatic rings. The molecular weight excluding hydrogens is 366 g/mol. The van der Waals surface area contributed by atoms with Crippen molar-refractivity contribution in [2.45, 2.75) is 37.8 Å². The molecule has 0 spiro atoms. The van der Waals surface area contributed by atoms with Gasteiger partial charge < -0.3 is 37.6 Å². The number of carbonyl (C=O) groups excluding carboxylic acids is 4. The zero-order valence-corrected chi connectivity index (χ0v) is 14.4. The molecule has 0 heterocycles. The molecule has 0 saturated heterocycles. The van der Waals surface area contributed by atoms with Crippen molar-refractivity contribution < 1.29 is 39.0 Å². The highest BCUT2D eigenvalue weighted by Gasteiger charge is 2.27. The Bertz CT molecular complexity index is 594. The largest absolute Gasteiger partial charge is 0.481 e. The Hall–Kier alpha value is -3.22. The van der Waals surface area contributed by atoms with Gasteiger partial charge in [0.2, 0.25) is 23.6 Å². The van der Waals surface area contributed by atoms with E-state index >= 15 is 0 Å². The van der Waals surface area contributed by atoms with E-state index in [0.29, 0.717) is 0 Å². The number of carboxylic acid groups (broad SMARTS) is 2. The molecule has 2 atom stereocenters. The number of aliphatic carboxylic acids is 2. The minimum Gasteiger partial charge on any atom is -0.481 e. The molecular formula is C14H23N5O8. The van der Waals surface area contributed by atoms with Crippen LogP contribution in [0.2, 0.25) is 0 Å². The quantitative estimate of drug-likeness (QED) is 0.164. The zero-order chi connectivity index (χ0) is 21.0. The Kier molecular flexibility index (Phi) is 10.7. The minimum absolute atomic E-state index is 0.171. The summed E-state index contributed by atoms with van der Waals surface area (Å²) >= 11 is 0. The van der Waals surface area contributed by atoms with Crippen molar-refractivity contribution in [3.8, 4) is 0 Å². The smallest absolute Gasteiger partial charge is 0.322 e. The Morgan fingerprint density at radius 2 is 1.37 bits per heavy atom. The first-order chi connectivity index (χ1) is 12.6. The Morgan fingerprint density at radius 1 is 0.815 bits per heavy atom. The van der Waals surface area contributed by atoms with Crippen LogP contribution in [0.25, 0.3) is 0 Å². The maximum Gasteiger partial charge on any atom is 0.322 e. The number of carbonyl (C=O) groups is 6. The predicted octanol–water partition coefficient (Wildman–Crippen LogP) is -3.75. The van der Waals surface area contributed by atoms with Gasteiger partial charge in [0.25, 0.3) is 0 Å². The number of nitrogens with one attached hydrogen (secondary N) is 3. The number of rotatable bonds is 13. The summed E-state index contributed by atoms with van der Waals surface area (Å²) in [6.45, 7) is -1.16. The van der Waals surface area contributed by atoms with Gasteiger partial charge in [0.05, 0.1) is 6.54 Å². The van der Waals surface area contributed by atoms with Gasteiger partial charge >= 0.3 is 11.9 Å². The predicted molar refractivity (Wildman–Crippen MR) is 88.9 cm³/mol. The van der Waals surface area contributed by atoms with Gasteiger partial charge in [-0.3, -0.25) is 28.8 Å². The number of amides is 4. The molecule has 0 aromatic rings. The first-order valence-corrected chi connectivity index (χ1v) is 7.86. The fourth-order valence-corrected chi connectivity index (χ4v) is 1.90. The average Bonchev–Trinajstić information content (AvgIpc) is 2.58. The maximum absolute atomic E-state index is 12.3. The van der Waals surface area contributed by atoms with Crippen LogP contribution < -0.4 is 27.4 Å². The van der Waals surface area contributed by atoms with Gasteiger partial charge in [-0.1, -0.05) is 0 Å². The Labute approximate surface area is 153 Å². The monoisotopic (exact) mass is 389 g/mol. The highest BCUT2D eigenvalue weighted by molar-refractivity contribution is 5.93. The molecule has 27 heavy (non-hydrogen) atoms. The van der Waals surface area contributed by atoms with Crippen LogP contribution in [0.1, 0.15) is 25.7 Å². The lowest BCUT2D eigenvalue weighted by molar-refractivity contribution is -0.140. The summed E-state index contributed by atoms with van der Waals surface area (Å²) < 4.78 is 0. The second kappa shape index (κ2) is 12.2. The van der Waals surface area contributed by atoms with Gasteiger partial charge in [0.1, 0.15) is 18.6 Å². The molecule has 0 saturated carbocycles. The lowest BCUT2D eigenvalue weighted by atomic mass is 10.1. The van der Waals surface area contributed by atoms with Crippen LogP contribution in [0.5, 0.6) is 0 Å². The van der Waals surface area contributed by atoms with E-state index in [1.807, 2.05) is 5.32 Å². The van der Waals surface area contributed by atoms with E-state index in [9.17, 15) is 28.8 Å². The van der Waals surface area contributed by atoms with Crippen LogP contribution in [0.3, 0.4) is 0 Å². The van der Waals surface area contributed by atoms with E-state index < -0.39 is 67.2 Å². The summed E-state index contributed by atoms with van der Waals surface area (Å²) in [6.07, 6.45) is -1.21. The molecule has 0 aromatic carbocycles. The van der Waals surface area contributed by atoms with E-state index in [0.717, 1.165) is 0 Å². The van der Waals surface area contributed by atoms with E-state index in [1.165, 1.54) is 0 Å². The SMILES string of the molecule is NCC(=O)NC(CCC(N)=O)C(=O)NC(CCC(=O)O)C(=O)NCC(=O)O. The normalized spacial score (nSPS) is 12.3. The summed E-state index contributed by atoms with van der Waals surface area (Å²) in [7, 11) is 0. The summed E-state index contributed by atoms with van der Waals surface area (Å²) in [5, 5.41) is 23.8. The van der Waals surface area contributed by atoms with Gasteiger partial charge in [0.15, 0.2) is 0 Å². The topological polar surface area (TPSA) is 231 Å². The van der Waals surface area contributed by atoms with Crippen LogP contribution in [0.15, 0.2) is 0 Å². The number of carboxylic acids is 2. The molecule has 152 valence electrons. The molecule has 0 aliphatic carbocycles. The van der Waals surface area contributed by atoms with Gasteiger partial charge in [0, 0.05) is 12.8 Å². The highest BCUT2D eigenvalue weighted by Crippen LogP contribution is 2.03. The first kappa shape index (κ1) is 23.8. The van der Waals surface area contributed by atoms with Crippen LogP contribution in [-0.2, 0) is 28.8 Å². The number of primary amides is 1. The molecule has 0 aromatic heterocycles. The molecule has 4 amide bonds. The van der Waals surface area contributed by atoms with Crippen molar-refractivity contribution in [2.75, 3.05) is 13.1 Å². The van der Waals surface area contributed by atoms with Crippen LogP contribution in [0, 0.1) is 0 Å². The molecule has 13 heteroatoms. The summed E-state index contributed by atoms with van der Waals surface area (Å²) in [4.78, 5) is 67.9. The summed E-state index contributed by atoms with van der Waals surface area (Å²) in [5.41, 5.74) is 10.2. The molecule has 9 N–H and O–H groups in total. The molecule has 2 unspecified atom stereocenters. The lowest BCUT2D eigenvalue weighted by Crippen LogP contribution is -2.55. The Morgan fingerprint density at radius 3 is 1.85 bits per heavy atom. The molecule has 13 nitrogen and oxygen atoms in total. The van der Waals surface area contributed by atoms with Crippen molar-refractivity contribution in [1.29, 1.82) is 0 Å². The fraction of sp³-hybridized carbons (Fsp3) is 0.571. The number of hydrogen-bond donors (Lipinski definition) is 7. The van der Waals surface area contributed by atoms with Gasteiger partial charge in [-0.05, 0) is 12.8 Å². The van der Waals surface area contributed by atoms with Crippen molar-refractivity contribution >= 4 is 35.6 Å².